The Morgan fingerprint density at radius 2 is 2.07 bits per heavy atom. The number of halogens is 2. The first-order valence-electron chi connectivity index (χ1n) is 3.66. The van der Waals surface area contributed by atoms with E-state index in [2.05, 4.69) is 0 Å². The van der Waals surface area contributed by atoms with Crippen LogP contribution < -0.4 is 0 Å². The summed E-state index contributed by atoms with van der Waals surface area (Å²) < 4.78 is 24.4. The van der Waals surface area contributed by atoms with Crippen molar-refractivity contribution in [2.75, 3.05) is 0 Å². The first-order valence-corrected chi connectivity index (χ1v) is 3.66. The number of carbonyl (C=O) groups excluding carboxylic acids is 1. The second kappa shape index (κ2) is 3.67. The summed E-state index contributed by atoms with van der Waals surface area (Å²) in [6, 6.07) is 0. The molecule has 1 aliphatic carbocycles. The van der Waals surface area contributed by atoms with Crippen molar-refractivity contribution in [3.05, 3.63) is 23.3 Å². The molecule has 2 N–H and O–H groups in total. The molecule has 0 spiro atoms. The maximum Gasteiger partial charge on any atom is 0.336 e. The number of aliphatic carboxylic acids is 1. The summed E-state index contributed by atoms with van der Waals surface area (Å²) >= 11 is 0. The predicted molar refractivity (Wildman–Crippen MR) is 40.6 cm³/mol. The zero-order valence-electron chi connectivity index (χ0n) is 6.83. The van der Waals surface area contributed by atoms with E-state index in [1.165, 1.54) is 0 Å². The summed E-state index contributed by atoms with van der Waals surface area (Å²) in [7, 11) is 0. The van der Waals surface area contributed by atoms with Gasteiger partial charge < -0.3 is 10.2 Å². The molecule has 4 nitrogen and oxygen atoms in total. The smallest absolute Gasteiger partial charge is 0.336 e. The molecule has 76 valence electrons. The molecule has 0 aromatic heterocycles. The van der Waals surface area contributed by atoms with Crippen molar-refractivity contribution < 1.29 is 28.6 Å². The molecule has 1 aliphatic rings. The van der Waals surface area contributed by atoms with E-state index < -0.39 is 35.1 Å². The van der Waals surface area contributed by atoms with Gasteiger partial charge in [-0.05, 0) is 6.42 Å². The average Bonchev–Trinajstić information content (AvgIpc) is 2.08. The lowest BCUT2D eigenvalue weighted by atomic mass is 9.91. The van der Waals surface area contributed by atoms with Crippen LogP contribution in [0, 0.1) is 0 Å². The fourth-order valence-corrected chi connectivity index (χ4v) is 1.13. The second-order valence-corrected chi connectivity index (χ2v) is 2.67. The Hall–Kier alpha value is -1.56. The Labute approximate surface area is 77.2 Å². The van der Waals surface area contributed by atoms with Crippen LogP contribution in [0.25, 0.3) is 0 Å². The Morgan fingerprint density at radius 1 is 1.50 bits per heavy atom. The lowest BCUT2D eigenvalue weighted by molar-refractivity contribution is -0.134. The number of carboxylic acids is 1. The van der Waals surface area contributed by atoms with Crippen molar-refractivity contribution in [3.8, 4) is 0 Å². The van der Waals surface area contributed by atoms with E-state index in [9.17, 15) is 18.4 Å². The van der Waals surface area contributed by atoms with Crippen LogP contribution in [-0.4, -0.2) is 28.1 Å². The molecule has 1 unspecified atom stereocenters. The molecule has 0 bridgehead atoms. The van der Waals surface area contributed by atoms with Gasteiger partial charge in [0.05, 0.1) is 11.1 Å². The van der Waals surface area contributed by atoms with Gasteiger partial charge in [0.25, 0.3) is 6.08 Å². The Kier molecular flexibility index (Phi) is 2.76. The summed E-state index contributed by atoms with van der Waals surface area (Å²) in [5.74, 6) is -2.85. The highest BCUT2D eigenvalue weighted by molar-refractivity contribution is 6.12. The standard InChI is InChI=1S/C8H6F2O4/c9-7(10)5-3(8(13)14)1-2-4(11)6(5)12/h1,4,11H,2H2,(H,13,14). The summed E-state index contributed by atoms with van der Waals surface area (Å²) in [4.78, 5) is 21.4. The molecule has 0 fully saturated rings. The summed E-state index contributed by atoms with van der Waals surface area (Å²) in [5.41, 5.74) is -1.95. The van der Waals surface area contributed by atoms with Crippen molar-refractivity contribution in [1.82, 2.24) is 0 Å². The van der Waals surface area contributed by atoms with Gasteiger partial charge in [0.2, 0.25) is 0 Å². The summed E-state index contributed by atoms with van der Waals surface area (Å²) in [6.07, 6.45) is -3.31. The van der Waals surface area contributed by atoms with Crippen LogP contribution >= 0.6 is 0 Å². The highest BCUT2D eigenvalue weighted by Gasteiger charge is 2.33. The van der Waals surface area contributed by atoms with E-state index in [0.717, 1.165) is 6.08 Å². The summed E-state index contributed by atoms with van der Waals surface area (Å²) in [5, 5.41) is 17.4. The Bertz CT molecular complexity index is 352. The van der Waals surface area contributed by atoms with Gasteiger partial charge in [-0.1, -0.05) is 6.08 Å². The first kappa shape index (κ1) is 10.5. The van der Waals surface area contributed by atoms with E-state index in [0.29, 0.717) is 0 Å². The minimum atomic E-state index is -2.39. The molecule has 0 amide bonds. The molecule has 0 aromatic rings. The number of aliphatic hydroxyl groups excluding tert-OH is 1. The predicted octanol–water partition coefficient (Wildman–Crippen LogP) is 0.482. The number of carbonyl (C=O) groups is 2. The van der Waals surface area contributed by atoms with E-state index in [1.807, 2.05) is 0 Å². The number of rotatable bonds is 1. The van der Waals surface area contributed by atoms with Gasteiger partial charge in [0.15, 0.2) is 5.78 Å². The van der Waals surface area contributed by atoms with E-state index in [4.69, 9.17) is 10.2 Å². The quantitative estimate of drug-likeness (QED) is 0.609. The van der Waals surface area contributed by atoms with E-state index >= 15 is 0 Å². The normalized spacial score (nSPS) is 21.9. The molecule has 1 atom stereocenters. The number of Topliss-reactive ketones (excluding diaryl/α,β-unsaturated/α-hetero) is 1. The average molecular weight is 204 g/mol. The fraction of sp³-hybridized carbons (Fsp3) is 0.250. The first-order chi connectivity index (χ1) is 6.45. The number of aliphatic hydroxyl groups is 1. The Balaban J connectivity index is 3.26. The van der Waals surface area contributed by atoms with Crippen molar-refractivity contribution in [2.45, 2.75) is 12.5 Å². The van der Waals surface area contributed by atoms with Crippen molar-refractivity contribution in [1.29, 1.82) is 0 Å². The van der Waals surface area contributed by atoms with Gasteiger partial charge in [-0.25, -0.2) is 4.79 Å². The lowest BCUT2D eigenvalue weighted by Crippen LogP contribution is -2.28. The second-order valence-electron chi connectivity index (χ2n) is 2.67. The van der Waals surface area contributed by atoms with Crippen LogP contribution in [-0.2, 0) is 9.59 Å². The summed E-state index contributed by atoms with van der Waals surface area (Å²) in [6.45, 7) is 0. The molecular formula is C8H6F2O4. The largest absolute Gasteiger partial charge is 0.478 e. The number of hydrogen-bond donors (Lipinski definition) is 2. The lowest BCUT2D eigenvalue weighted by Gasteiger charge is -2.15. The molecule has 1 rings (SSSR count). The molecule has 0 saturated carbocycles. The maximum atomic E-state index is 12.2. The number of hydrogen-bond acceptors (Lipinski definition) is 3. The number of ketones is 1. The van der Waals surface area contributed by atoms with Crippen molar-refractivity contribution in [2.24, 2.45) is 0 Å². The van der Waals surface area contributed by atoms with Crippen molar-refractivity contribution >= 4 is 11.8 Å². The SMILES string of the molecule is O=C(O)C1=CCC(O)C(=O)C1=C(F)F. The van der Waals surface area contributed by atoms with Gasteiger partial charge in [-0.3, -0.25) is 4.79 Å². The van der Waals surface area contributed by atoms with Gasteiger partial charge >= 0.3 is 5.97 Å². The number of carboxylic acid groups (broad SMARTS) is 1. The topological polar surface area (TPSA) is 74.6 Å². The van der Waals surface area contributed by atoms with Crippen LogP contribution in [0.2, 0.25) is 0 Å². The highest BCUT2D eigenvalue weighted by atomic mass is 19.3. The molecule has 0 saturated heterocycles. The zero-order chi connectivity index (χ0) is 10.9. The van der Waals surface area contributed by atoms with Crippen LogP contribution in [0.5, 0.6) is 0 Å². The third kappa shape index (κ3) is 1.69. The molecule has 0 aromatic carbocycles. The van der Waals surface area contributed by atoms with Crippen LogP contribution in [0.1, 0.15) is 6.42 Å². The third-order valence-electron chi connectivity index (χ3n) is 1.78. The van der Waals surface area contributed by atoms with Crippen molar-refractivity contribution in [3.63, 3.8) is 0 Å². The van der Waals surface area contributed by atoms with E-state index in [-0.39, 0.29) is 6.42 Å². The molecule has 0 heterocycles. The monoisotopic (exact) mass is 204 g/mol. The highest BCUT2D eigenvalue weighted by Crippen LogP contribution is 2.25. The zero-order valence-corrected chi connectivity index (χ0v) is 6.83. The van der Waals surface area contributed by atoms with Gasteiger partial charge in [0, 0.05) is 0 Å². The third-order valence-corrected chi connectivity index (χ3v) is 1.78. The van der Waals surface area contributed by atoms with Gasteiger partial charge in [-0.15, -0.1) is 0 Å². The fourth-order valence-electron chi connectivity index (χ4n) is 1.13. The maximum absolute atomic E-state index is 12.2. The molecular weight excluding hydrogens is 198 g/mol. The Morgan fingerprint density at radius 3 is 2.50 bits per heavy atom. The molecule has 14 heavy (non-hydrogen) atoms. The molecule has 6 heteroatoms. The van der Waals surface area contributed by atoms with Crippen LogP contribution in [0.3, 0.4) is 0 Å². The van der Waals surface area contributed by atoms with Gasteiger partial charge in [0.1, 0.15) is 6.10 Å². The van der Waals surface area contributed by atoms with Crippen LogP contribution in [0.15, 0.2) is 23.3 Å². The molecule has 0 aliphatic heterocycles. The van der Waals surface area contributed by atoms with Gasteiger partial charge in [-0.2, -0.15) is 8.78 Å². The molecule has 0 radical (unpaired) electrons. The van der Waals surface area contributed by atoms with Crippen LogP contribution in [0.4, 0.5) is 8.78 Å². The minimum Gasteiger partial charge on any atom is -0.478 e. The minimum absolute atomic E-state index is 0.253. The van der Waals surface area contributed by atoms with E-state index in [1.54, 1.807) is 0 Å².